The number of rotatable bonds is 2. The van der Waals surface area contributed by atoms with Crippen molar-refractivity contribution in [2.45, 2.75) is 26.1 Å². The van der Waals surface area contributed by atoms with E-state index in [0.29, 0.717) is 6.07 Å². The molecule has 1 rings (SSSR count). The minimum atomic E-state index is -4.69. The molecule has 0 heterocycles. The highest BCUT2D eigenvalue weighted by atomic mass is 19.4. The largest absolute Gasteiger partial charge is 0.488 e. The molecule has 0 bridgehead atoms. The molecule has 1 aromatic rings. The summed E-state index contributed by atoms with van der Waals surface area (Å²) in [6.07, 6.45) is -5.07. The van der Waals surface area contributed by atoms with Crippen molar-refractivity contribution in [1.82, 2.24) is 0 Å². The smallest absolute Gasteiger partial charge is 0.419 e. The van der Waals surface area contributed by atoms with E-state index in [0.717, 1.165) is 6.07 Å². The topological polar surface area (TPSA) is 9.23 Å². The second-order valence-electron chi connectivity index (χ2n) is 3.28. The van der Waals surface area contributed by atoms with E-state index in [2.05, 4.69) is 0 Å². The van der Waals surface area contributed by atoms with Crippen LogP contribution in [0.4, 0.5) is 17.6 Å². The van der Waals surface area contributed by atoms with Crippen LogP contribution in [0.15, 0.2) is 18.2 Å². The summed E-state index contributed by atoms with van der Waals surface area (Å²) < 4.78 is 55.0. The maximum Gasteiger partial charge on any atom is 0.419 e. The van der Waals surface area contributed by atoms with Crippen LogP contribution in [-0.2, 0) is 6.18 Å². The highest BCUT2D eigenvalue weighted by Gasteiger charge is 2.35. The molecule has 0 aliphatic rings. The summed E-state index contributed by atoms with van der Waals surface area (Å²) in [5.41, 5.74) is -1.30. The molecule has 1 aromatic carbocycles. The normalized spacial score (nSPS) is 11.9. The van der Waals surface area contributed by atoms with Gasteiger partial charge in [0.15, 0.2) is 11.6 Å². The summed E-state index contributed by atoms with van der Waals surface area (Å²) in [4.78, 5) is 0. The molecular formula is C10H10F4O. The van der Waals surface area contributed by atoms with Crippen molar-refractivity contribution in [2.24, 2.45) is 0 Å². The highest BCUT2D eigenvalue weighted by Crippen LogP contribution is 2.34. The van der Waals surface area contributed by atoms with Gasteiger partial charge in [0.2, 0.25) is 0 Å². The fourth-order valence-corrected chi connectivity index (χ4v) is 1.07. The molecule has 0 spiro atoms. The molecule has 0 N–H and O–H groups in total. The van der Waals surface area contributed by atoms with E-state index in [1.54, 1.807) is 13.8 Å². The fraction of sp³-hybridized carbons (Fsp3) is 0.400. The molecule has 0 atom stereocenters. The van der Waals surface area contributed by atoms with E-state index in [4.69, 9.17) is 4.74 Å². The first-order valence-corrected chi connectivity index (χ1v) is 4.34. The van der Waals surface area contributed by atoms with Gasteiger partial charge in [-0.15, -0.1) is 0 Å². The summed E-state index contributed by atoms with van der Waals surface area (Å²) in [5.74, 6) is -1.74. The molecule has 0 fully saturated rings. The predicted molar refractivity (Wildman–Crippen MR) is 47.2 cm³/mol. The van der Waals surface area contributed by atoms with E-state index in [1.807, 2.05) is 0 Å². The third-order valence-electron chi connectivity index (χ3n) is 1.63. The standard InChI is InChI=1S/C10H10F4O/c1-6(2)15-8-5-3-4-7(9(8)11)10(12,13)14/h3-6H,1-2H3. The SMILES string of the molecule is CC(C)Oc1cccc(C(F)(F)F)c1F. The monoisotopic (exact) mass is 222 g/mol. The van der Waals surface area contributed by atoms with Crippen molar-refractivity contribution in [2.75, 3.05) is 0 Å². The Labute approximate surface area is 84.7 Å². The van der Waals surface area contributed by atoms with Gasteiger partial charge >= 0.3 is 6.18 Å². The second-order valence-corrected chi connectivity index (χ2v) is 3.28. The lowest BCUT2D eigenvalue weighted by Gasteiger charge is -2.14. The average molecular weight is 222 g/mol. The van der Waals surface area contributed by atoms with E-state index >= 15 is 0 Å². The van der Waals surface area contributed by atoms with Crippen LogP contribution in [-0.4, -0.2) is 6.10 Å². The Balaban J connectivity index is 3.12. The lowest BCUT2D eigenvalue weighted by atomic mass is 10.2. The van der Waals surface area contributed by atoms with Gasteiger partial charge in [-0.3, -0.25) is 0 Å². The molecule has 0 saturated heterocycles. The molecule has 0 radical (unpaired) electrons. The maximum absolute atomic E-state index is 13.3. The van der Waals surface area contributed by atoms with Crippen LogP contribution in [0.3, 0.4) is 0 Å². The molecule has 0 aliphatic carbocycles. The summed E-state index contributed by atoms with van der Waals surface area (Å²) in [6, 6.07) is 2.97. The van der Waals surface area contributed by atoms with Crippen molar-refractivity contribution in [1.29, 1.82) is 0 Å². The van der Waals surface area contributed by atoms with Crippen LogP contribution < -0.4 is 4.74 Å². The Morgan fingerprint density at radius 2 is 1.80 bits per heavy atom. The van der Waals surface area contributed by atoms with Crippen LogP contribution in [0, 0.1) is 5.82 Å². The number of ether oxygens (including phenoxy) is 1. The molecule has 0 aromatic heterocycles. The van der Waals surface area contributed by atoms with Crippen molar-refractivity contribution in [3.05, 3.63) is 29.6 Å². The van der Waals surface area contributed by atoms with Gasteiger partial charge in [0.05, 0.1) is 11.7 Å². The Hall–Kier alpha value is -1.26. The Morgan fingerprint density at radius 3 is 2.27 bits per heavy atom. The van der Waals surface area contributed by atoms with Crippen LogP contribution in [0.1, 0.15) is 19.4 Å². The molecule has 0 aliphatic heterocycles. The molecule has 5 heteroatoms. The number of benzene rings is 1. The molecule has 15 heavy (non-hydrogen) atoms. The molecule has 84 valence electrons. The van der Waals surface area contributed by atoms with Gasteiger partial charge in [0, 0.05) is 0 Å². The lowest BCUT2D eigenvalue weighted by Crippen LogP contribution is -2.12. The molecular weight excluding hydrogens is 212 g/mol. The van der Waals surface area contributed by atoms with Crippen molar-refractivity contribution in [3.63, 3.8) is 0 Å². The zero-order chi connectivity index (χ0) is 11.6. The first kappa shape index (κ1) is 11.8. The van der Waals surface area contributed by atoms with Crippen molar-refractivity contribution in [3.8, 4) is 5.75 Å². The van der Waals surface area contributed by atoms with E-state index in [1.165, 1.54) is 6.07 Å². The minimum absolute atomic E-state index is 0.372. The Kier molecular flexibility index (Phi) is 3.21. The van der Waals surface area contributed by atoms with Crippen molar-refractivity contribution >= 4 is 0 Å². The number of hydrogen-bond donors (Lipinski definition) is 0. The van der Waals surface area contributed by atoms with Crippen LogP contribution >= 0.6 is 0 Å². The summed E-state index contributed by atoms with van der Waals surface area (Å²) in [5, 5.41) is 0. The summed E-state index contributed by atoms with van der Waals surface area (Å²) >= 11 is 0. The van der Waals surface area contributed by atoms with Gasteiger partial charge in [-0.25, -0.2) is 4.39 Å². The summed E-state index contributed by atoms with van der Waals surface area (Å²) in [6.45, 7) is 3.22. The zero-order valence-electron chi connectivity index (χ0n) is 8.23. The molecule has 1 nitrogen and oxygen atoms in total. The van der Waals surface area contributed by atoms with E-state index in [9.17, 15) is 17.6 Å². The summed E-state index contributed by atoms with van der Waals surface area (Å²) in [7, 11) is 0. The quantitative estimate of drug-likeness (QED) is 0.694. The molecule has 0 saturated carbocycles. The van der Waals surface area contributed by atoms with Crippen LogP contribution in [0.5, 0.6) is 5.75 Å². The van der Waals surface area contributed by atoms with E-state index in [-0.39, 0.29) is 11.9 Å². The predicted octanol–water partition coefficient (Wildman–Crippen LogP) is 3.63. The first-order chi connectivity index (χ1) is 6.82. The highest BCUT2D eigenvalue weighted by molar-refractivity contribution is 5.32. The third-order valence-corrected chi connectivity index (χ3v) is 1.63. The maximum atomic E-state index is 13.3. The van der Waals surface area contributed by atoms with Gasteiger partial charge in [-0.05, 0) is 26.0 Å². The van der Waals surface area contributed by atoms with Gasteiger partial charge in [-0.2, -0.15) is 13.2 Å². The lowest BCUT2D eigenvalue weighted by molar-refractivity contribution is -0.140. The van der Waals surface area contributed by atoms with E-state index < -0.39 is 17.6 Å². The number of halogens is 4. The Morgan fingerprint density at radius 1 is 1.20 bits per heavy atom. The Bertz CT molecular complexity index is 344. The fourth-order valence-electron chi connectivity index (χ4n) is 1.07. The first-order valence-electron chi connectivity index (χ1n) is 4.34. The van der Waals surface area contributed by atoms with Gasteiger partial charge in [-0.1, -0.05) is 6.07 Å². The third kappa shape index (κ3) is 2.84. The van der Waals surface area contributed by atoms with Gasteiger partial charge < -0.3 is 4.74 Å². The average Bonchev–Trinajstić information content (AvgIpc) is 2.05. The van der Waals surface area contributed by atoms with Gasteiger partial charge in [0.1, 0.15) is 0 Å². The van der Waals surface area contributed by atoms with Crippen LogP contribution in [0.2, 0.25) is 0 Å². The molecule has 0 unspecified atom stereocenters. The second kappa shape index (κ2) is 4.08. The minimum Gasteiger partial charge on any atom is -0.488 e. The number of alkyl halides is 3. The zero-order valence-corrected chi connectivity index (χ0v) is 8.23. The number of hydrogen-bond acceptors (Lipinski definition) is 1. The van der Waals surface area contributed by atoms with Crippen molar-refractivity contribution < 1.29 is 22.3 Å². The molecule has 0 amide bonds. The van der Waals surface area contributed by atoms with Gasteiger partial charge in [0.25, 0.3) is 0 Å². The van der Waals surface area contributed by atoms with Crippen LogP contribution in [0.25, 0.3) is 0 Å².